The monoisotopic (exact) mass is 200 g/mol. The molecule has 0 N–H and O–H groups in total. The zero-order valence-electron chi connectivity index (χ0n) is 9.83. The molecule has 0 aliphatic carbocycles. The second kappa shape index (κ2) is 6.38. The summed E-state index contributed by atoms with van der Waals surface area (Å²) in [4.78, 5) is 4.86. The minimum absolute atomic E-state index is 0.741. The highest BCUT2D eigenvalue weighted by molar-refractivity contribution is 4.77. The van der Waals surface area contributed by atoms with E-state index in [9.17, 15) is 0 Å². The number of hydrogen-bond donors (Lipinski definition) is 0. The number of piperidine rings is 1. The van der Waals surface area contributed by atoms with Crippen LogP contribution >= 0.6 is 0 Å². The van der Waals surface area contributed by atoms with Gasteiger partial charge >= 0.3 is 0 Å². The molecule has 1 fully saturated rings. The zero-order valence-corrected chi connectivity index (χ0v) is 9.83. The number of rotatable bonds is 5. The molecular weight excluding hydrogens is 176 g/mol. The van der Waals surface area contributed by atoms with Gasteiger partial charge in [-0.05, 0) is 40.4 Å². The predicted molar refractivity (Wildman–Crippen MR) is 59.6 cm³/mol. The third kappa shape index (κ3) is 3.95. The van der Waals surface area contributed by atoms with Crippen molar-refractivity contribution in [2.24, 2.45) is 0 Å². The molecule has 0 aromatic carbocycles. The topological polar surface area (TPSA) is 15.7 Å². The van der Waals surface area contributed by atoms with Gasteiger partial charge in [0.15, 0.2) is 0 Å². The highest BCUT2D eigenvalue weighted by Crippen LogP contribution is 2.12. The summed E-state index contributed by atoms with van der Waals surface area (Å²) in [7, 11) is 4.35. The molecule has 0 radical (unpaired) electrons. The van der Waals surface area contributed by atoms with Gasteiger partial charge < -0.3 is 9.64 Å². The van der Waals surface area contributed by atoms with Crippen molar-refractivity contribution in [2.45, 2.75) is 25.8 Å². The number of hydrogen-bond acceptors (Lipinski definition) is 3. The van der Waals surface area contributed by atoms with Crippen molar-refractivity contribution in [1.29, 1.82) is 0 Å². The number of nitrogens with zero attached hydrogens (tertiary/aromatic N) is 2. The highest BCUT2D eigenvalue weighted by Gasteiger charge is 2.20. The van der Waals surface area contributed by atoms with Gasteiger partial charge in [-0.25, -0.2) is 0 Å². The molecule has 1 aliphatic rings. The average Bonchev–Trinajstić information content (AvgIpc) is 2.19. The van der Waals surface area contributed by atoms with Crippen LogP contribution < -0.4 is 0 Å². The third-order valence-corrected chi connectivity index (χ3v) is 2.97. The summed E-state index contributed by atoms with van der Waals surface area (Å²) < 4.78 is 5.38. The molecule has 0 aromatic heterocycles. The summed E-state index contributed by atoms with van der Waals surface area (Å²) in [6, 6.07) is 0.741. The van der Waals surface area contributed by atoms with Crippen LogP contribution in [0.25, 0.3) is 0 Å². The van der Waals surface area contributed by atoms with E-state index >= 15 is 0 Å². The van der Waals surface area contributed by atoms with Gasteiger partial charge in [-0.3, -0.25) is 4.90 Å². The van der Waals surface area contributed by atoms with Gasteiger partial charge in [0, 0.05) is 25.7 Å². The smallest absolute Gasteiger partial charge is 0.0593 e. The summed E-state index contributed by atoms with van der Waals surface area (Å²) in [6.07, 6.45) is 2.67. The van der Waals surface area contributed by atoms with Crippen molar-refractivity contribution in [2.75, 3.05) is 46.9 Å². The molecule has 1 heterocycles. The van der Waals surface area contributed by atoms with Crippen LogP contribution in [0.4, 0.5) is 0 Å². The van der Waals surface area contributed by atoms with Crippen LogP contribution in [0.1, 0.15) is 19.8 Å². The van der Waals surface area contributed by atoms with Gasteiger partial charge in [-0.15, -0.1) is 0 Å². The van der Waals surface area contributed by atoms with E-state index in [-0.39, 0.29) is 0 Å². The molecule has 0 aromatic rings. The Morgan fingerprint density at radius 3 is 2.86 bits per heavy atom. The largest absolute Gasteiger partial charge is 0.380 e. The first kappa shape index (κ1) is 12.0. The fourth-order valence-electron chi connectivity index (χ4n) is 1.99. The molecule has 1 rings (SSSR count). The van der Waals surface area contributed by atoms with Gasteiger partial charge in [0.2, 0.25) is 0 Å². The summed E-state index contributed by atoms with van der Waals surface area (Å²) in [6.45, 7) is 7.33. The fraction of sp³-hybridized carbons (Fsp3) is 1.00. The lowest BCUT2D eigenvalue weighted by Crippen LogP contribution is -2.46. The first-order valence-electron chi connectivity index (χ1n) is 5.70. The predicted octanol–water partition coefficient (Wildman–Crippen LogP) is 1.05. The molecular formula is C11H24N2O. The molecule has 3 nitrogen and oxygen atoms in total. The first-order chi connectivity index (χ1) is 6.74. The van der Waals surface area contributed by atoms with Crippen molar-refractivity contribution in [3.8, 4) is 0 Å². The van der Waals surface area contributed by atoms with Gasteiger partial charge in [-0.2, -0.15) is 0 Å². The number of likely N-dealkylation sites (N-methyl/N-ethyl adjacent to an activating group) is 1. The molecule has 1 aliphatic heterocycles. The maximum Gasteiger partial charge on any atom is 0.0593 e. The Labute approximate surface area is 88.0 Å². The van der Waals surface area contributed by atoms with Crippen molar-refractivity contribution < 1.29 is 4.74 Å². The summed E-state index contributed by atoms with van der Waals surface area (Å²) in [5.74, 6) is 0. The van der Waals surface area contributed by atoms with E-state index in [1.807, 2.05) is 0 Å². The van der Waals surface area contributed by atoms with Crippen LogP contribution in [0.5, 0.6) is 0 Å². The van der Waals surface area contributed by atoms with Crippen LogP contribution in [0.15, 0.2) is 0 Å². The van der Waals surface area contributed by atoms with Gasteiger partial charge in [-0.1, -0.05) is 0 Å². The van der Waals surface area contributed by atoms with E-state index < -0.39 is 0 Å². The minimum atomic E-state index is 0.741. The first-order valence-corrected chi connectivity index (χ1v) is 5.70. The second-order valence-corrected chi connectivity index (χ2v) is 4.26. The summed E-state index contributed by atoms with van der Waals surface area (Å²) >= 11 is 0. The van der Waals surface area contributed by atoms with Crippen molar-refractivity contribution in [1.82, 2.24) is 9.80 Å². The van der Waals surface area contributed by atoms with Crippen LogP contribution in [0, 0.1) is 0 Å². The van der Waals surface area contributed by atoms with E-state index in [0.717, 1.165) is 25.8 Å². The SMILES string of the molecule is CCOCCN1CCCC(N(C)C)C1. The van der Waals surface area contributed by atoms with Gasteiger partial charge in [0.25, 0.3) is 0 Å². The van der Waals surface area contributed by atoms with Crippen LogP contribution in [-0.2, 0) is 4.74 Å². The molecule has 0 spiro atoms. The second-order valence-electron chi connectivity index (χ2n) is 4.26. The lowest BCUT2D eigenvalue weighted by molar-refractivity contribution is 0.0807. The van der Waals surface area contributed by atoms with Gasteiger partial charge in [0.1, 0.15) is 0 Å². The molecule has 1 atom stereocenters. The molecule has 0 amide bonds. The van der Waals surface area contributed by atoms with E-state index in [2.05, 4.69) is 30.8 Å². The quantitative estimate of drug-likeness (QED) is 0.617. The molecule has 84 valence electrons. The van der Waals surface area contributed by atoms with Crippen molar-refractivity contribution >= 4 is 0 Å². The molecule has 0 bridgehead atoms. The normalized spacial score (nSPS) is 24.4. The summed E-state index contributed by atoms with van der Waals surface area (Å²) in [5.41, 5.74) is 0. The third-order valence-electron chi connectivity index (χ3n) is 2.97. The Hall–Kier alpha value is -0.120. The summed E-state index contributed by atoms with van der Waals surface area (Å²) in [5, 5.41) is 0. The van der Waals surface area contributed by atoms with E-state index in [0.29, 0.717) is 0 Å². The molecule has 0 saturated carbocycles. The Morgan fingerprint density at radius 1 is 1.43 bits per heavy atom. The number of ether oxygens (including phenoxy) is 1. The van der Waals surface area contributed by atoms with E-state index in [1.165, 1.54) is 25.9 Å². The average molecular weight is 200 g/mol. The number of likely N-dealkylation sites (tertiary alicyclic amines) is 1. The maximum absolute atomic E-state index is 5.38. The van der Waals surface area contributed by atoms with Gasteiger partial charge in [0.05, 0.1) is 6.61 Å². The van der Waals surface area contributed by atoms with Crippen LogP contribution in [-0.4, -0.2) is 62.8 Å². The molecule has 3 heteroatoms. The molecule has 1 saturated heterocycles. The zero-order chi connectivity index (χ0) is 10.4. The Balaban J connectivity index is 2.19. The lowest BCUT2D eigenvalue weighted by atomic mass is 10.1. The Kier molecular flexibility index (Phi) is 5.45. The van der Waals surface area contributed by atoms with Crippen molar-refractivity contribution in [3.05, 3.63) is 0 Å². The van der Waals surface area contributed by atoms with E-state index in [1.54, 1.807) is 0 Å². The van der Waals surface area contributed by atoms with Crippen LogP contribution in [0.3, 0.4) is 0 Å². The minimum Gasteiger partial charge on any atom is -0.380 e. The Morgan fingerprint density at radius 2 is 2.21 bits per heavy atom. The fourth-order valence-corrected chi connectivity index (χ4v) is 1.99. The standard InChI is InChI=1S/C11H24N2O/c1-4-14-9-8-13-7-5-6-11(10-13)12(2)3/h11H,4-10H2,1-3H3. The maximum atomic E-state index is 5.38. The van der Waals surface area contributed by atoms with E-state index in [4.69, 9.17) is 4.74 Å². The molecule has 1 unspecified atom stereocenters. The van der Waals surface area contributed by atoms with Crippen molar-refractivity contribution in [3.63, 3.8) is 0 Å². The lowest BCUT2D eigenvalue weighted by Gasteiger charge is -2.35. The highest BCUT2D eigenvalue weighted by atomic mass is 16.5. The Bertz CT molecular complexity index is 150. The van der Waals surface area contributed by atoms with Crippen LogP contribution in [0.2, 0.25) is 0 Å². The molecule has 14 heavy (non-hydrogen) atoms.